The second-order valence-corrected chi connectivity index (χ2v) is 8.64. The Morgan fingerprint density at radius 3 is 2.57 bits per heavy atom. The van der Waals surface area contributed by atoms with E-state index >= 15 is 0 Å². The van der Waals surface area contributed by atoms with E-state index in [2.05, 4.69) is 26.1 Å². The minimum Gasteiger partial charge on any atom is -0.490 e. The third kappa shape index (κ3) is 4.46. The highest BCUT2D eigenvalue weighted by Crippen LogP contribution is 2.46. The first-order valence-corrected chi connectivity index (χ1v) is 9.68. The van der Waals surface area contributed by atoms with Gasteiger partial charge >= 0.3 is 12.0 Å². The van der Waals surface area contributed by atoms with Crippen molar-refractivity contribution in [2.24, 2.45) is 11.3 Å². The largest absolute Gasteiger partial charge is 0.490 e. The van der Waals surface area contributed by atoms with Gasteiger partial charge in [0.25, 0.3) is 5.91 Å². The van der Waals surface area contributed by atoms with Gasteiger partial charge in [-0.15, -0.1) is 0 Å². The minimum atomic E-state index is -0.908. The number of hydrogen-bond acceptors (Lipinski definition) is 5. The molecular weight excluding hydrogens is 360 g/mol. The molecule has 2 aliphatic rings. The van der Waals surface area contributed by atoms with Crippen molar-refractivity contribution < 1.29 is 23.9 Å². The summed E-state index contributed by atoms with van der Waals surface area (Å²) in [7, 11) is 0. The number of hydrogen-bond donors (Lipinski definition) is 1. The van der Waals surface area contributed by atoms with E-state index in [-0.39, 0.29) is 31.1 Å². The van der Waals surface area contributed by atoms with Crippen LogP contribution >= 0.6 is 0 Å². The molecule has 1 saturated heterocycles. The van der Waals surface area contributed by atoms with Crippen LogP contribution in [0.5, 0.6) is 5.75 Å². The molecule has 3 amide bonds. The average molecular weight is 388 g/mol. The highest BCUT2D eigenvalue weighted by molar-refractivity contribution is 6.08. The third-order valence-electron chi connectivity index (χ3n) is 5.27. The fraction of sp³-hybridized carbons (Fsp3) is 0.571. The van der Waals surface area contributed by atoms with Crippen molar-refractivity contribution >= 4 is 17.9 Å². The number of urea groups is 1. The zero-order valence-corrected chi connectivity index (χ0v) is 16.7. The van der Waals surface area contributed by atoms with Crippen molar-refractivity contribution in [2.45, 2.75) is 45.6 Å². The molecule has 2 fully saturated rings. The van der Waals surface area contributed by atoms with Gasteiger partial charge in [-0.2, -0.15) is 0 Å². The summed E-state index contributed by atoms with van der Waals surface area (Å²) in [5.74, 6) is 0.0496. The lowest BCUT2D eigenvalue weighted by atomic mass is 9.64. The van der Waals surface area contributed by atoms with Gasteiger partial charge in [-0.3, -0.25) is 14.5 Å². The van der Waals surface area contributed by atoms with Gasteiger partial charge in [0.15, 0.2) is 0 Å². The van der Waals surface area contributed by atoms with Crippen LogP contribution in [0.2, 0.25) is 0 Å². The molecular formula is C21H28N2O5. The molecule has 7 nitrogen and oxygen atoms in total. The first kappa shape index (κ1) is 20.2. The quantitative estimate of drug-likeness (QED) is 0.460. The second-order valence-electron chi connectivity index (χ2n) is 8.64. The summed E-state index contributed by atoms with van der Waals surface area (Å²) < 4.78 is 10.6. The molecule has 1 aromatic rings. The van der Waals surface area contributed by atoms with Crippen molar-refractivity contribution in [3.63, 3.8) is 0 Å². The summed E-state index contributed by atoms with van der Waals surface area (Å²) in [6.07, 6.45) is 2.17. The van der Waals surface area contributed by atoms with E-state index < -0.39 is 17.5 Å². The smallest absolute Gasteiger partial charge is 0.326 e. The molecule has 7 heteroatoms. The Bertz CT molecular complexity index is 748. The van der Waals surface area contributed by atoms with Crippen LogP contribution in [0.4, 0.5) is 4.79 Å². The highest BCUT2D eigenvalue weighted by atomic mass is 16.6. The molecule has 0 unspecified atom stereocenters. The van der Waals surface area contributed by atoms with Crippen LogP contribution in [0.25, 0.3) is 0 Å². The Balaban J connectivity index is 1.52. The number of benzene rings is 1. The Hall–Kier alpha value is -2.57. The summed E-state index contributed by atoms with van der Waals surface area (Å²) in [5.41, 5.74) is -0.957. The van der Waals surface area contributed by atoms with Crippen molar-refractivity contribution in [1.29, 1.82) is 0 Å². The summed E-state index contributed by atoms with van der Waals surface area (Å²) in [6, 6.07) is 8.67. The number of nitrogens with zero attached hydrogens (tertiary/aromatic N) is 1. The van der Waals surface area contributed by atoms with Crippen LogP contribution in [0.3, 0.4) is 0 Å². The summed E-state index contributed by atoms with van der Waals surface area (Å²) in [6.45, 7) is 6.16. The molecule has 0 radical (unpaired) electrons. The molecule has 1 aromatic carbocycles. The predicted molar refractivity (Wildman–Crippen MR) is 103 cm³/mol. The normalized spacial score (nSPS) is 26.2. The average Bonchev–Trinajstić information content (AvgIpc) is 2.81. The maximum Gasteiger partial charge on any atom is 0.326 e. The molecule has 3 rings (SSSR count). The summed E-state index contributed by atoms with van der Waals surface area (Å²) in [4.78, 5) is 38.5. The minimum absolute atomic E-state index is 0.0482. The number of para-hydroxylation sites is 1. The number of rotatable bonds is 6. The van der Waals surface area contributed by atoms with Crippen LogP contribution in [0.1, 0.15) is 40.0 Å². The van der Waals surface area contributed by atoms with Gasteiger partial charge in [0.05, 0.1) is 0 Å². The van der Waals surface area contributed by atoms with E-state index in [1.165, 1.54) is 0 Å². The molecule has 1 N–H and O–H groups in total. The Kier molecular flexibility index (Phi) is 5.63. The van der Waals surface area contributed by atoms with Gasteiger partial charge < -0.3 is 14.8 Å². The van der Waals surface area contributed by atoms with Crippen molar-refractivity contribution in [3.05, 3.63) is 30.3 Å². The Morgan fingerprint density at radius 2 is 1.89 bits per heavy atom. The standard InChI is InChI=1S/C21H28N2O5/c1-15-11-20(2,3)14-21(12-15)18(25)23(19(26)22-21)13-17(24)28-10-9-27-16-7-5-4-6-8-16/h4-8,15H,9-14H2,1-3H3,(H,22,26)/t15-,21-/m1/s1. The monoisotopic (exact) mass is 388 g/mol. The van der Waals surface area contributed by atoms with Crippen LogP contribution < -0.4 is 10.1 Å². The maximum absolute atomic E-state index is 13.0. The molecule has 0 bridgehead atoms. The Labute approximate surface area is 165 Å². The fourth-order valence-corrected chi connectivity index (χ4v) is 4.66. The third-order valence-corrected chi connectivity index (χ3v) is 5.27. The van der Waals surface area contributed by atoms with E-state index in [0.717, 1.165) is 11.3 Å². The van der Waals surface area contributed by atoms with Crippen molar-refractivity contribution in [2.75, 3.05) is 19.8 Å². The lowest BCUT2D eigenvalue weighted by Gasteiger charge is -2.43. The second kappa shape index (κ2) is 7.81. The van der Waals surface area contributed by atoms with Gasteiger partial charge in [-0.25, -0.2) is 4.79 Å². The molecule has 0 aromatic heterocycles. The summed E-state index contributed by atoms with van der Waals surface area (Å²) in [5, 5.41) is 2.85. The van der Waals surface area contributed by atoms with Crippen LogP contribution in [-0.2, 0) is 14.3 Å². The van der Waals surface area contributed by atoms with Crippen LogP contribution in [0, 0.1) is 11.3 Å². The first-order valence-electron chi connectivity index (χ1n) is 9.68. The van der Waals surface area contributed by atoms with E-state index in [1.54, 1.807) is 12.1 Å². The predicted octanol–water partition coefficient (Wildman–Crippen LogP) is 2.75. The molecule has 1 saturated carbocycles. The molecule has 1 heterocycles. The number of ether oxygens (including phenoxy) is 2. The van der Waals surface area contributed by atoms with Crippen LogP contribution in [0.15, 0.2) is 30.3 Å². The maximum atomic E-state index is 13.0. The number of esters is 1. The molecule has 28 heavy (non-hydrogen) atoms. The number of carbonyl (C=O) groups is 3. The lowest BCUT2D eigenvalue weighted by Crippen LogP contribution is -2.54. The number of nitrogens with one attached hydrogen (secondary N) is 1. The number of carbonyl (C=O) groups excluding carboxylic acids is 3. The van der Waals surface area contributed by atoms with E-state index in [9.17, 15) is 14.4 Å². The SMILES string of the molecule is C[C@@H]1CC(C)(C)C[C@@]2(C1)NC(=O)N(CC(=O)OCCOc1ccccc1)C2=O. The fourth-order valence-electron chi connectivity index (χ4n) is 4.66. The van der Waals surface area contributed by atoms with Crippen molar-refractivity contribution in [1.82, 2.24) is 10.2 Å². The van der Waals surface area contributed by atoms with E-state index in [0.29, 0.717) is 24.5 Å². The lowest BCUT2D eigenvalue weighted by molar-refractivity contribution is -0.149. The van der Waals surface area contributed by atoms with Gasteiger partial charge in [0.1, 0.15) is 31.0 Å². The highest BCUT2D eigenvalue weighted by Gasteiger charge is 2.56. The number of amides is 3. The zero-order chi connectivity index (χ0) is 20.4. The van der Waals surface area contributed by atoms with Gasteiger partial charge in [0.2, 0.25) is 0 Å². The van der Waals surface area contributed by atoms with Gasteiger partial charge in [-0.05, 0) is 42.7 Å². The summed E-state index contributed by atoms with van der Waals surface area (Å²) >= 11 is 0. The van der Waals surface area contributed by atoms with Gasteiger partial charge in [-0.1, -0.05) is 39.0 Å². The molecule has 1 spiro atoms. The molecule has 1 aliphatic heterocycles. The zero-order valence-electron chi connectivity index (χ0n) is 16.7. The topological polar surface area (TPSA) is 84.9 Å². The molecule has 2 atom stereocenters. The Morgan fingerprint density at radius 1 is 1.18 bits per heavy atom. The molecule has 152 valence electrons. The number of imide groups is 1. The van der Waals surface area contributed by atoms with Crippen molar-refractivity contribution in [3.8, 4) is 5.75 Å². The van der Waals surface area contributed by atoms with E-state index in [1.807, 2.05) is 18.2 Å². The first-order chi connectivity index (χ1) is 13.2. The van der Waals surface area contributed by atoms with Gasteiger partial charge in [0, 0.05) is 0 Å². The van der Waals surface area contributed by atoms with Crippen LogP contribution in [-0.4, -0.2) is 48.1 Å². The van der Waals surface area contributed by atoms with E-state index in [4.69, 9.17) is 9.47 Å². The molecule has 1 aliphatic carbocycles.